The molecule has 5 rings (SSSR count). The van der Waals surface area contributed by atoms with Crippen molar-refractivity contribution in [2.75, 3.05) is 0 Å². The zero-order chi connectivity index (χ0) is 25.4. The average molecular weight is 500 g/mol. The smallest absolute Gasteiger partial charge is 0.352 e. The molecule has 0 fully saturated rings. The molecule has 0 spiro atoms. The molecular formula is C27H21N3O5S. The second kappa shape index (κ2) is 8.86. The monoisotopic (exact) mass is 499 g/mol. The van der Waals surface area contributed by atoms with Gasteiger partial charge in [0.2, 0.25) is 0 Å². The standard InChI is InChI=1S/C27H21N3O5S/c28-26(29)19-11-10-18-14-25(27(31)32)30(24(18)15-19)16-20-13-21(12-17-6-4-5-9-23(17)20)35-36(33,34)22-7-2-1-3-8-22/h1-15H,16H2,(H3,28,29)(H,31,32). The number of nitrogen functional groups attached to an aromatic ring is 1. The van der Waals surface area contributed by atoms with Gasteiger partial charge in [0.05, 0.1) is 0 Å². The van der Waals surface area contributed by atoms with Crippen LogP contribution in [-0.4, -0.2) is 29.9 Å². The van der Waals surface area contributed by atoms with Crippen LogP contribution >= 0.6 is 0 Å². The van der Waals surface area contributed by atoms with Crippen LogP contribution in [0, 0.1) is 5.41 Å². The lowest BCUT2D eigenvalue weighted by atomic mass is 10.0. The Morgan fingerprint density at radius 3 is 2.36 bits per heavy atom. The van der Waals surface area contributed by atoms with Gasteiger partial charge in [-0.25, -0.2) is 4.79 Å². The van der Waals surface area contributed by atoms with E-state index in [0.29, 0.717) is 22.0 Å². The van der Waals surface area contributed by atoms with E-state index in [4.69, 9.17) is 15.3 Å². The van der Waals surface area contributed by atoms with E-state index in [9.17, 15) is 18.3 Å². The van der Waals surface area contributed by atoms with E-state index in [1.54, 1.807) is 59.2 Å². The van der Waals surface area contributed by atoms with Gasteiger partial charge in [-0.05, 0) is 52.7 Å². The Labute approximate surface area is 206 Å². The molecule has 5 aromatic rings. The van der Waals surface area contributed by atoms with Gasteiger partial charge in [-0.2, -0.15) is 8.42 Å². The van der Waals surface area contributed by atoms with E-state index in [0.717, 1.165) is 10.8 Å². The predicted octanol–water partition coefficient (Wildman–Crippen LogP) is 4.59. The van der Waals surface area contributed by atoms with Crippen molar-refractivity contribution in [2.45, 2.75) is 11.4 Å². The van der Waals surface area contributed by atoms with Gasteiger partial charge in [-0.3, -0.25) is 5.41 Å². The first-order valence-electron chi connectivity index (χ1n) is 10.9. The summed E-state index contributed by atoms with van der Waals surface area (Å²) in [5.74, 6) is -1.13. The predicted molar refractivity (Wildman–Crippen MR) is 137 cm³/mol. The summed E-state index contributed by atoms with van der Waals surface area (Å²) in [6.07, 6.45) is 0. The molecule has 0 aliphatic carbocycles. The van der Waals surface area contributed by atoms with E-state index in [-0.39, 0.29) is 28.7 Å². The summed E-state index contributed by atoms with van der Waals surface area (Å²) in [5.41, 5.74) is 7.44. The van der Waals surface area contributed by atoms with Gasteiger partial charge in [0, 0.05) is 23.0 Å². The Balaban J connectivity index is 1.65. The van der Waals surface area contributed by atoms with Crippen LogP contribution in [0.2, 0.25) is 0 Å². The first-order valence-corrected chi connectivity index (χ1v) is 12.4. The molecule has 0 atom stereocenters. The maximum absolute atomic E-state index is 12.8. The molecule has 0 aliphatic rings. The SMILES string of the molecule is N=C(N)c1ccc2cc(C(=O)O)n(Cc3cc(OS(=O)(=O)c4ccccc4)cc4ccccc34)c2c1. The molecule has 1 aromatic heterocycles. The van der Waals surface area contributed by atoms with Crippen LogP contribution < -0.4 is 9.92 Å². The zero-order valence-corrected chi connectivity index (χ0v) is 19.7. The van der Waals surface area contributed by atoms with Gasteiger partial charge in [-0.15, -0.1) is 0 Å². The highest BCUT2D eigenvalue weighted by Gasteiger charge is 2.20. The van der Waals surface area contributed by atoms with Crippen LogP contribution in [0.25, 0.3) is 21.7 Å². The number of benzene rings is 4. The summed E-state index contributed by atoms with van der Waals surface area (Å²) in [6.45, 7) is 0.121. The van der Waals surface area contributed by atoms with Crippen molar-refractivity contribution in [3.63, 3.8) is 0 Å². The minimum atomic E-state index is -4.07. The summed E-state index contributed by atoms with van der Waals surface area (Å²) in [6, 6.07) is 25.1. The highest BCUT2D eigenvalue weighted by atomic mass is 32.2. The number of hydrogen-bond donors (Lipinski definition) is 3. The van der Waals surface area contributed by atoms with Crippen LogP contribution in [0.1, 0.15) is 21.6 Å². The van der Waals surface area contributed by atoms with E-state index < -0.39 is 16.1 Å². The summed E-state index contributed by atoms with van der Waals surface area (Å²) in [7, 11) is -4.07. The molecule has 8 nitrogen and oxygen atoms in total. The van der Waals surface area contributed by atoms with Gasteiger partial charge >= 0.3 is 16.1 Å². The molecule has 1 heterocycles. The Morgan fingerprint density at radius 2 is 1.64 bits per heavy atom. The lowest BCUT2D eigenvalue weighted by molar-refractivity contribution is 0.0686. The van der Waals surface area contributed by atoms with Crippen molar-refractivity contribution in [2.24, 2.45) is 5.73 Å². The summed E-state index contributed by atoms with van der Waals surface area (Å²) in [5, 5.41) is 19.9. The largest absolute Gasteiger partial charge is 0.477 e. The Morgan fingerprint density at radius 1 is 0.917 bits per heavy atom. The number of carbonyl (C=O) groups is 1. The van der Waals surface area contributed by atoms with E-state index >= 15 is 0 Å². The number of nitrogens with two attached hydrogens (primary N) is 1. The molecule has 180 valence electrons. The average Bonchev–Trinajstić information content (AvgIpc) is 3.22. The molecule has 0 aliphatic heterocycles. The van der Waals surface area contributed by atoms with Crippen molar-refractivity contribution in [1.29, 1.82) is 5.41 Å². The fraction of sp³-hybridized carbons (Fsp3) is 0.0370. The summed E-state index contributed by atoms with van der Waals surface area (Å²) >= 11 is 0. The number of rotatable bonds is 7. The van der Waals surface area contributed by atoms with Crippen LogP contribution in [-0.2, 0) is 16.7 Å². The number of fused-ring (bicyclic) bond motifs is 2. The molecule has 0 bridgehead atoms. The van der Waals surface area contributed by atoms with Crippen LogP contribution in [0.5, 0.6) is 5.75 Å². The highest BCUT2D eigenvalue weighted by molar-refractivity contribution is 7.87. The number of aromatic nitrogens is 1. The minimum Gasteiger partial charge on any atom is -0.477 e. The van der Waals surface area contributed by atoms with Crippen molar-refractivity contribution >= 4 is 43.6 Å². The molecule has 9 heteroatoms. The zero-order valence-electron chi connectivity index (χ0n) is 18.9. The van der Waals surface area contributed by atoms with Gasteiger partial charge in [0.25, 0.3) is 0 Å². The number of hydrogen-bond acceptors (Lipinski definition) is 5. The molecule has 0 saturated carbocycles. The van der Waals surface area contributed by atoms with Gasteiger partial charge in [0.1, 0.15) is 22.2 Å². The van der Waals surface area contributed by atoms with Crippen molar-refractivity contribution < 1.29 is 22.5 Å². The number of nitrogens with zero attached hydrogens (tertiary/aromatic N) is 1. The maximum atomic E-state index is 12.8. The first-order chi connectivity index (χ1) is 17.2. The van der Waals surface area contributed by atoms with E-state index in [1.807, 2.05) is 24.3 Å². The third kappa shape index (κ3) is 4.27. The van der Waals surface area contributed by atoms with Gasteiger partial charge < -0.3 is 19.6 Å². The second-order valence-corrected chi connectivity index (χ2v) is 9.81. The lowest BCUT2D eigenvalue weighted by Gasteiger charge is -2.14. The van der Waals surface area contributed by atoms with Crippen LogP contribution in [0.4, 0.5) is 0 Å². The van der Waals surface area contributed by atoms with E-state index in [2.05, 4.69) is 0 Å². The first kappa shape index (κ1) is 23.1. The molecule has 0 saturated heterocycles. The van der Waals surface area contributed by atoms with Gasteiger partial charge in [-0.1, -0.05) is 54.6 Å². The highest BCUT2D eigenvalue weighted by Crippen LogP contribution is 2.30. The van der Waals surface area contributed by atoms with Crippen molar-refractivity contribution in [1.82, 2.24) is 4.57 Å². The molecule has 0 radical (unpaired) electrons. The molecule has 36 heavy (non-hydrogen) atoms. The maximum Gasteiger partial charge on any atom is 0.352 e. The molecule has 4 N–H and O–H groups in total. The number of aromatic carboxylic acids is 1. The number of amidine groups is 1. The van der Waals surface area contributed by atoms with E-state index in [1.165, 1.54) is 12.1 Å². The Kier molecular flexibility index (Phi) is 5.69. The van der Waals surface area contributed by atoms with Gasteiger partial charge in [0.15, 0.2) is 0 Å². The number of carboxylic acids is 1. The second-order valence-electron chi connectivity index (χ2n) is 8.26. The normalized spacial score (nSPS) is 11.6. The third-order valence-electron chi connectivity index (χ3n) is 5.92. The number of nitrogens with one attached hydrogen (secondary N) is 1. The Bertz CT molecular complexity index is 1760. The molecule has 0 unspecified atom stereocenters. The van der Waals surface area contributed by atoms with Crippen molar-refractivity contribution in [3.8, 4) is 5.75 Å². The molecular weight excluding hydrogens is 478 g/mol. The van der Waals surface area contributed by atoms with Crippen LogP contribution in [0.3, 0.4) is 0 Å². The topological polar surface area (TPSA) is 135 Å². The fourth-order valence-electron chi connectivity index (χ4n) is 4.24. The summed E-state index contributed by atoms with van der Waals surface area (Å²) < 4.78 is 32.8. The minimum absolute atomic E-state index is 0.0287. The quantitative estimate of drug-likeness (QED) is 0.170. The third-order valence-corrected chi connectivity index (χ3v) is 7.18. The number of carboxylic acid groups (broad SMARTS) is 1. The summed E-state index contributed by atoms with van der Waals surface area (Å²) in [4.78, 5) is 12.1. The molecule has 0 amide bonds. The fourth-order valence-corrected chi connectivity index (χ4v) is 5.18. The van der Waals surface area contributed by atoms with Crippen molar-refractivity contribution in [3.05, 3.63) is 108 Å². The molecule has 4 aromatic carbocycles. The van der Waals surface area contributed by atoms with Crippen LogP contribution in [0.15, 0.2) is 95.9 Å². The lowest BCUT2D eigenvalue weighted by Crippen LogP contribution is -2.13. The Hall–Kier alpha value is -4.63.